The fourth-order valence-electron chi connectivity index (χ4n) is 1.17. The number of nitrogens with one attached hydrogen (secondary N) is 2. The van der Waals surface area contributed by atoms with Gasteiger partial charge in [-0.15, -0.1) is 0 Å². The highest BCUT2D eigenvalue weighted by atomic mass is 16.5. The number of rotatable bonds is 7. The van der Waals surface area contributed by atoms with Gasteiger partial charge in [0.1, 0.15) is 0 Å². The van der Waals surface area contributed by atoms with Gasteiger partial charge in [-0.05, 0) is 12.8 Å². The van der Waals surface area contributed by atoms with Gasteiger partial charge in [-0.1, -0.05) is 13.8 Å². The second-order valence-corrected chi connectivity index (χ2v) is 4.14. The Kier molecular flexibility index (Phi) is 5.57. The van der Waals surface area contributed by atoms with Crippen molar-refractivity contribution in [1.29, 1.82) is 0 Å². The maximum absolute atomic E-state index is 9.71. The van der Waals surface area contributed by atoms with E-state index < -0.39 is 6.10 Å². The summed E-state index contributed by atoms with van der Waals surface area (Å²) in [5, 5.41) is 15.5. The minimum Gasteiger partial charge on any atom is -0.464 e. The summed E-state index contributed by atoms with van der Waals surface area (Å²) in [5.41, 5.74) is 0. The molecule has 0 aliphatic carbocycles. The number of hydrogen-bond donors (Lipinski definition) is 3. The molecular formula is C11H21N5O2. The van der Waals surface area contributed by atoms with E-state index >= 15 is 0 Å². The van der Waals surface area contributed by atoms with Crippen molar-refractivity contribution >= 4 is 11.9 Å². The molecule has 0 saturated heterocycles. The van der Waals surface area contributed by atoms with Crippen LogP contribution < -0.4 is 15.4 Å². The van der Waals surface area contributed by atoms with E-state index in [2.05, 4.69) is 25.6 Å². The molecule has 0 bridgehead atoms. The molecule has 0 radical (unpaired) electrons. The largest absolute Gasteiger partial charge is 0.464 e. The summed E-state index contributed by atoms with van der Waals surface area (Å²) in [6, 6.07) is 0.262. The number of hydrogen-bond acceptors (Lipinski definition) is 7. The zero-order valence-electron chi connectivity index (χ0n) is 11.3. The maximum atomic E-state index is 9.71. The van der Waals surface area contributed by atoms with Crippen molar-refractivity contribution in [3.05, 3.63) is 0 Å². The first kappa shape index (κ1) is 14.4. The fraction of sp³-hybridized carbons (Fsp3) is 0.727. The molecule has 3 N–H and O–H groups in total. The van der Waals surface area contributed by atoms with Crippen molar-refractivity contribution in [3.63, 3.8) is 0 Å². The number of nitrogens with zero attached hydrogens (tertiary/aromatic N) is 3. The quantitative estimate of drug-likeness (QED) is 0.661. The SMILES string of the molecule is CCOc1nc(NC)nc(NCC(O)C(C)C)n1. The summed E-state index contributed by atoms with van der Waals surface area (Å²) in [5.74, 6) is 0.988. The van der Waals surface area contributed by atoms with E-state index in [0.29, 0.717) is 25.0 Å². The molecule has 1 aromatic heterocycles. The zero-order chi connectivity index (χ0) is 13.5. The monoisotopic (exact) mass is 255 g/mol. The predicted octanol–water partition coefficient (Wildman–Crippen LogP) is 0.741. The molecule has 7 nitrogen and oxygen atoms in total. The molecule has 18 heavy (non-hydrogen) atoms. The van der Waals surface area contributed by atoms with E-state index in [0.717, 1.165) is 0 Å². The van der Waals surface area contributed by atoms with Gasteiger partial charge in [-0.25, -0.2) is 0 Å². The highest BCUT2D eigenvalue weighted by Crippen LogP contribution is 2.11. The summed E-state index contributed by atoms with van der Waals surface area (Å²) in [6.07, 6.45) is -0.449. The molecule has 1 aromatic rings. The lowest BCUT2D eigenvalue weighted by Crippen LogP contribution is -2.25. The summed E-state index contributed by atoms with van der Waals surface area (Å²) < 4.78 is 5.24. The Morgan fingerprint density at radius 2 is 1.89 bits per heavy atom. The van der Waals surface area contributed by atoms with Crippen LogP contribution in [0.5, 0.6) is 6.01 Å². The van der Waals surface area contributed by atoms with Crippen LogP contribution in [0.2, 0.25) is 0 Å². The van der Waals surface area contributed by atoms with Gasteiger partial charge in [0.2, 0.25) is 11.9 Å². The average Bonchev–Trinajstić information content (AvgIpc) is 2.35. The van der Waals surface area contributed by atoms with Crippen LogP contribution >= 0.6 is 0 Å². The van der Waals surface area contributed by atoms with Gasteiger partial charge in [0.05, 0.1) is 12.7 Å². The summed E-state index contributed by atoms with van der Waals surface area (Å²) in [7, 11) is 1.72. The van der Waals surface area contributed by atoms with Crippen molar-refractivity contribution in [2.45, 2.75) is 26.9 Å². The van der Waals surface area contributed by atoms with Crippen LogP contribution in [-0.2, 0) is 0 Å². The lowest BCUT2D eigenvalue weighted by molar-refractivity contribution is 0.137. The Balaban J connectivity index is 2.71. The van der Waals surface area contributed by atoms with Crippen molar-refractivity contribution < 1.29 is 9.84 Å². The fourth-order valence-corrected chi connectivity index (χ4v) is 1.17. The van der Waals surface area contributed by atoms with Gasteiger partial charge in [-0.2, -0.15) is 15.0 Å². The van der Waals surface area contributed by atoms with Crippen LogP contribution in [0.4, 0.5) is 11.9 Å². The molecule has 0 aromatic carbocycles. The van der Waals surface area contributed by atoms with E-state index in [4.69, 9.17) is 4.74 Å². The predicted molar refractivity (Wildman–Crippen MR) is 69.9 cm³/mol. The Bertz CT molecular complexity index is 372. The molecule has 0 fully saturated rings. The topological polar surface area (TPSA) is 92.2 Å². The molecule has 102 valence electrons. The molecule has 0 aliphatic heterocycles. The van der Waals surface area contributed by atoms with Crippen LogP contribution in [0.25, 0.3) is 0 Å². The van der Waals surface area contributed by atoms with Crippen molar-refractivity contribution in [2.24, 2.45) is 5.92 Å². The molecule has 0 aliphatic rings. The molecule has 7 heteroatoms. The molecule has 1 heterocycles. The Labute approximate surface area is 107 Å². The van der Waals surface area contributed by atoms with Gasteiger partial charge in [0, 0.05) is 13.6 Å². The van der Waals surface area contributed by atoms with Crippen molar-refractivity contribution in [2.75, 3.05) is 30.8 Å². The first-order valence-corrected chi connectivity index (χ1v) is 6.05. The van der Waals surface area contributed by atoms with Gasteiger partial charge >= 0.3 is 6.01 Å². The Morgan fingerprint density at radius 3 is 2.44 bits per heavy atom. The van der Waals surface area contributed by atoms with Crippen LogP contribution in [-0.4, -0.2) is 46.4 Å². The highest BCUT2D eigenvalue weighted by Gasteiger charge is 2.11. The highest BCUT2D eigenvalue weighted by molar-refractivity contribution is 5.35. The first-order chi connectivity index (χ1) is 8.56. The zero-order valence-corrected chi connectivity index (χ0v) is 11.3. The molecule has 0 amide bonds. The van der Waals surface area contributed by atoms with E-state index in [1.165, 1.54) is 0 Å². The number of anilines is 2. The van der Waals surface area contributed by atoms with E-state index in [1.807, 2.05) is 20.8 Å². The molecule has 1 atom stereocenters. The van der Waals surface area contributed by atoms with Crippen LogP contribution in [0, 0.1) is 5.92 Å². The third-order valence-electron chi connectivity index (χ3n) is 2.35. The van der Waals surface area contributed by atoms with E-state index in [9.17, 15) is 5.11 Å². The lowest BCUT2D eigenvalue weighted by Gasteiger charge is -2.15. The minimum absolute atomic E-state index is 0.175. The summed E-state index contributed by atoms with van der Waals surface area (Å²) in [6.45, 7) is 6.63. The average molecular weight is 255 g/mol. The minimum atomic E-state index is -0.449. The smallest absolute Gasteiger partial charge is 0.323 e. The van der Waals surface area contributed by atoms with Gasteiger partial charge in [0.25, 0.3) is 0 Å². The first-order valence-electron chi connectivity index (χ1n) is 6.05. The normalized spacial score (nSPS) is 12.3. The maximum Gasteiger partial charge on any atom is 0.323 e. The van der Waals surface area contributed by atoms with E-state index in [1.54, 1.807) is 7.05 Å². The number of ether oxygens (including phenoxy) is 1. The number of aromatic nitrogens is 3. The van der Waals surface area contributed by atoms with Crippen LogP contribution in [0.1, 0.15) is 20.8 Å². The molecule has 0 saturated carbocycles. The van der Waals surface area contributed by atoms with E-state index in [-0.39, 0.29) is 11.9 Å². The van der Waals surface area contributed by atoms with Crippen molar-refractivity contribution in [1.82, 2.24) is 15.0 Å². The Morgan fingerprint density at radius 1 is 1.22 bits per heavy atom. The standard InChI is InChI=1S/C11H21N5O2/c1-5-18-11-15-9(12-4)14-10(16-11)13-6-8(17)7(2)3/h7-8,17H,5-6H2,1-4H3,(H2,12,13,14,15,16). The molecule has 0 spiro atoms. The van der Waals surface area contributed by atoms with Crippen LogP contribution in [0.15, 0.2) is 0 Å². The van der Waals surface area contributed by atoms with Crippen molar-refractivity contribution in [3.8, 4) is 6.01 Å². The van der Waals surface area contributed by atoms with Gasteiger partial charge < -0.3 is 20.5 Å². The third kappa shape index (κ3) is 4.33. The second-order valence-electron chi connectivity index (χ2n) is 4.14. The number of aliphatic hydroxyl groups excluding tert-OH is 1. The molecule has 1 unspecified atom stereocenters. The third-order valence-corrected chi connectivity index (χ3v) is 2.35. The van der Waals surface area contributed by atoms with Gasteiger partial charge in [-0.3, -0.25) is 0 Å². The second kappa shape index (κ2) is 6.95. The van der Waals surface area contributed by atoms with Gasteiger partial charge in [0.15, 0.2) is 0 Å². The molecular weight excluding hydrogens is 234 g/mol. The van der Waals surface area contributed by atoms with Crippen LogP contribution in [0.3, 0.4) is 0 Å². The summed E-state index contributed by atoms with van der Waals surface area (Å²) >= 11 is 0. The molecule has 1 rings (SSSR count). The summed E-state index contributed by atoms with van der Waals surface area (Å²) in [4.78, 5) is 12.3. The number of aliphatic hydroxyl groups is 1. The Hall–Kier alpha value is -1.63. The lowest BCUT2D eigenvalue weighted by atomic mass is 10.1.